The number of nitrogens with one attached hydrogen (secondary N) is 1. The molecule has 72 valence electrons. The lowest BCUT2D eigenvalue weighted by molar-refractivity contribution is -0.104. The van der Waals surface area contributed by atoms with Crippen LogP contribution in [0.3, 0.4) is 0 Å². The van der Waals surface area contributed by atoms with Crippen LogP contribution in [0.25, 0.3) is 6.08 Å². The summed E-state index contributed by atoms with van der Waals surface area (Å²) in [7, 11) is 1.86. The van der Waals surface area contributed by atoms with Crippen LogP contribution in [-0.4, -0.2) is 24.1 Å². The number of aromatic nitrogens is 1. The summed E-state index contributed by atoms with van der Waals surface area (Å²) in [4.78, 5) is 14.9. The average molecular weight is 206 g/mol. The molecule has 1 aromatic heterocycles. The van der Waals surface area contributed by atoms with Gasteiger partial charge in [-0.3, -0.25) is 4.79 Å². The summed E-state index contributed by atoms with van der Waals surface area (Å²) in [6, 6.07) is 1.91. The molecule has 0 saturated heterocycles. The predicted octanol–water partition coefficient (Wildman–Crippen LogP) is 1.81. The van der Waals surface area contributed by atoms with Crippen molar-refractivity contribution in [1.29, 1.82) is 0 Å². The predicted molar refractivity (Wildman–Crippen MR) is 58.5 cm³/mol. The van der Waals surface area contributed by atoms with E-state index in [4.69, 9.17) is 0 Å². The van der Waals surface area contributed by atoms with Gasteiger partial charge in [-0.1, -0.05) is 0 Å². The van der Waals surface area contributed by atoms with E-state index in [-0.39, 0.29) is 0 Å². The van der Waals surface area contributed by atoms with E-state index < -0.39 is 0 Å². The molecule has 3 nitrogen and oxygen atoms in total. The largest absolute Gasteiger partial charge is 0.388 e. The van der Waals surface area contributed by atoms with Crippen LogP contribution in [-0.2, 0) is 4.79 Å². The number of thioether (sulfide) groups is 1. The maximum absolute atomic E-state index is 10.6. The maximum atomic E-state index is 10.6. The molecule has 1 N–H and O–H groups in total. The number of aldehydes is 1. The number of fused-ring (bicyclic) bond motifs is 1. The van der Waals surface area contributed by atoms with Gasteiger partial charge in [0.1, 0.15) is 11.3 Å². The zero-order chi connectivity index (χ0) is 9.97. The highest BCUT2D eigenvalue weighted by Crippen LogP contribution is 2.33. The molecule has 1 aromatic rings. The highest BCUT2D eigenvalue weighted by molar-refractivity contribution is 7.99. The fraction of sp³-hybridized carbons (Fsp3) is 0.200. The Kier molecular flexibility index (Phi) is 2.54. The summed E-state index contributed by atoms with van der Waals surface area (Å²) >= 11 is 1.60. The van der Waals surface area contributed by atoms with Crippen molar-refractivity contribution in [2.24, 2.45) is 0 Å². The fourth-order valence-electron chi connectivity index (χ4n) is 1.37. The zero-order valence-electron chi connectivity index (χ0n) is 7.78. The number of hydrogen-bond donors (Lipinski definition) is 1. The van der Waals surface area contributed by atoms with Crippen LogP contribution in [0.2, 0.25) is 0 Å². The summed E-state index contributed by atoms with van der Waals surface area (Å²) in [5.41, 5.74) is 2.85. The molecule has 4 heteroatoms. The molecular formula is C10H10N2OS. The van der Waals surface area contributed by atoms with Crippen LogP contribution in [0.4, 0.5) is 5.69 Å². The Morgan fingerprint density at radius 2 is 2.50 bits per heavy atom. The lowest BCUT2D eigenvalue weighted by atomic mass is 10.1. The van der Waals surface area contributed by atoms with Crippen LogP contribution < -0.4 is 5.32 Å². The maximum Gasteiger partial charge on any atom is 0.146 e. The number of carbonyl (C=O) groups is 1. The monoisotopic (exact) mass is 206 g/mol. The van der Waals surface area contributed by atoms with Gasteiger partial charge in [-0.2, -0.15) is 0 Å². The molecule has 0 aromatic carbocycles. The molecule has 0 unspecified atom stereocenters. The number of rotatable bonds is 2. The first-order chi connectivity index (χ1) is 6.85. The minimum Gasteiger partial charge on any atom is -0.388 e. The Balaban J connectivity index is 2.53. The lowest BCUT2D eigenvalue weighted by Crippen LogP contribution is -2.02. The molecule has 0 atom stereocenters. The van der Waals surface area contributed by atoms with Crippen molar-refractivity contribution in [1.82, 2.24) is 4.98 Å². The fourth-order valence-corrected chi connectivity index (χ4v) is 2.29. The summed E-state index contributed by atoms with van der Waals surface area (Å²) in [5, 5.41) is 4.07. The molecule has 0 spiro atoms. The summed E-state index contributed by atoms with van der Waals surface area (Å²) in [6.07, 6.45) is 4.58. The average Bonchev–Trinajstić information content (AvgIpc) is 2.27. The third-order valence-electron chi connectivity index (χ3n) is 2.08. The lowest BCUT2D eigenvalue weighted by Gasteiger charge is -2.14. The van der Waals surface area contributed by atoms with Crippen molar-refractivity contribution in [3.63, 3.8) is 0 Å². The van der Waals surface area contributed by atoms with Crippen molar-refractivity contribution in [2.75, 3.05) is 18.1 Å². The van der Waals surface area contributed by atoms with Gasteiger partial charge in [0.05, 0.1) is 0 Å². The van der Waals surface area contributed by atoms with Gasteiger partial charge in [0.25, 0.3) is 0 Å². The van der Waals surface area contributed by atoms with E-state index >= 15 is 0 Å². The smallest absolute Gasteiger partial charge is 0.146 e. The van der Waals surface area contributed by atoms with Crippen LogP contribution in [0.15, 0.2) is 22.9 Å². The second-order valence-electron chi connectivity index (χ2n) is 2.95. The zero-order valence-corrected chi connectivity index (χ0v) is 8.60. The van der Waals surface area contributed by atoms with Gasteiger partial charge >= 0.3 is 0 Å². The van der Waals surface area contributed by atoms with E-state index in [2.05, 4.69) is 10.3 Å². The molecule has 0 aliphatic carbocycles. The standard InChI is InChI=1S/C10H10N2OS/c1-11-9-2-3-12-10-8(9)4-7(5-13)6-14-10/h2-5H,6H2,1H3,(H,11,12). The van der Waals surface area contributed by atoms with Crippen LogP contribution in [0, 0.1) is 0 Å². The molecule has 0 fully saturated rings. The molecule has 0 saturated carbocycles. The van der Waals surface area contributed by atoms with Crippen molar-refractivity contribution in [2.45, 2.75) is 5.03 Å². The third-order valence-corrected chi connectivity index (χ3v) is 3.16. The van der Waals surface area contributed by atoms with Gasteiger partial charge in [-0.15, -0.1) is 11.8 Å². The number of pyridine rings is 1. The molecule has 0 radical (unpaired) electrons. The van der Waals surface area contributed by atoms with Crippen molar-refractivity contribution in [3.05, 3.63) is 23.4 Å². The van der Waals surface area contributed by atoms with E-state index in [1.165, 1.54) is 0 Å². The molecule has 1 aliphatic heterocycles. The number of hydrogen-bond acceptors (Lipinski definition) is 4. The van der Waals surface area contributed by atoms with Crippen LogP contribution >= 0.6 is 11.8 Å². The minimum atomic E-state index is 0.719. The van der Waals surface area contributed by atoms with E-state index in [9.17, 15) is 4.79 Å². The quantitative estimate of drug-likeness (QED) is 0.749. The van der Waals surface area contributed by atoms with Gasteiger partial charge < -0.3 is 5.32 Å². The van der Waals surface area contributed by atoms with Crippen LogP contribution in [0.5, 0.6) is 0 Å². The molecule has 1 aliphatic rings. The first-order valence-electron chi connectivity index (χ1n) is 4.30. The minimum absolute atomic E-state index is 0.719. The Bertz CT molecular complexity index is 401. The Morgan fingerprint density at radius 1 is 1.64 bits per heavy atom. The van der Waals surface area contributed by atoms with E-state index in [0.29, 0.717) is 0 Å². The van der Waals surface area contributed by atoms with E-state index in [0.717, 1.165) is 33.9 Å². The van der Waals surface area contributed by atoms with Gasteiger partial charge in [-0.05, 0) is 12.1 Å². The molecular weight excluding hydrogens is 196 g/mol. The Morgan fingerprint density at radius 3 is 3.21 bits per heavy atom. The highest BCUT2D eigenvalue weighted by Gasteiger charge is 2.14. The third kappa shape index (κ3) is 1.53. The summed E-state index contributed by atoms with van der Waals surface area (Å²) in [5.74, 6) is 0.719. The topological polar surface area (TPSA) is 42.0 Å². The van der Waals surface area contributed by atoms with Gasteiger partial charge in [0.15, 0.2) is 0 Å². The normalized spacial score (nSPS) is 14.2. The van der Waals surface area contributed by atoms with Crippen molar-refractivity contribution >= 4 is 29.8 Å². The first-order valence-corrected chi connectivity index (χ1v) is 5.29. The van der Waals surface area contributed by atoms with E-state index in [1.807, 2.05) is 19.2 Å². The number of anilines is 1. The Hall–Kier alpha value is -1.29. The van der Waals surface area contributed by atoms with Crippen LogP contribution in [0.1, 0.15) is 5.56 Å². The highest BCUT2D eigenvalue weighted by atomic mass is 32.2. The van der Waals surface area contributed by atoms with Crippen molar-refractivity contribution < 1.29 is 4.79 Å². The second kappa shape index (κ2) is 3.84. The summed E-state index contributed by atoms with van der Waals surface area (Å²) < 4.78 is 0. The van der Waals surface area contributed by atoms with E-state index in [1.54, 1.807) is 18.0 Å². The molecule has 0 amide bonds. The van der Waals surface area contributed by atoms with Crippen molar-refractivity contribution in [3.8, 4) is 0 Å². The van der Waals surface area contributed by atoms with Gasteiger partial charge in [0.2, 0.25) is 0 Å². The first kappa shape index (κ1) is 9.27. The summed E-state index contributed by atoms with van der Waals surface area (Å²) in [6.45, 7) is 0. The molecule has 0 bridgehead atoms. The number of carbonyl (C=O) groups excluding carboxylic acids is 1. The molecule has 2 rings (SSSR count). The van der Waals surface area contributed by atoms with Gasteiger partial charge in [-0.25, -0.2) is 4.98 Å². The molecule has 2 heterocycles. The van der Waals surface area contributed by atoms with Gasteiger partial charge in [0, 0.05) is 35.8 Å². The SMILES string of the molecule is CNc1ccnc2c1C=C(C=O)CS2. The molecule has 14 heavy (non-hydrogen) atoms. The Labute approximate surface area is 86.6 Å². The number of nitrogens with zero attached hydrogens (tertiary/aromatic N) is 1. The second-order valence-corrected chi connectivity index (χ2v) is 3.92.